The lowest BCUT2D eigenvalue weighted by atomic mass is 10.1. The van der Waals surface area contributed by atoms with Crippen LogP contribution in [0.2, 0.25) is 0 Å². The number of nitrogen functional groups attached to an aromatic ring is 1. The lowest BCUT2D eigenvalue weighted by Crippen LogP contribution is -2.30. The van der Waals surface area contributed by atoms with E-state index in [1.165, 1.54) is 12.1 Å². The van der Waals surface area contributed by atoms with Gasteiger partial charge in [-0.2, -0.15) is 0 Å². The maximum Gasteiger partial charge on any atom is 0.269 e. The summed E-state index contributed by atoms with van der Waals surface area (Å²) in [6, 6.07) is 14.0. The van der Waals surface area contributed by atoms with Crippen LogP contribution in [0.3, 0.4) is 0 Å². The Morgan fingerprint density at radius 1 is 1.21 bits per heavy atom. The highest BCUT2D eigenvalue weighted by atomic mass is 16.6. The number of nitrogens with two attached hydrogens (primary N) is 1. The van der Waals surface area contributed by atoms with Gasteiger partial charge in [0.1, 0.15) is 0 Å². The molecule has 1 heterocycles. The fourth-order valence-electron chi connectivity index (χ4n) is 2.90. The number of hydrazine groups is 1. The summed E-state index contributed by atoms with van der Waals surface area (Å²) >= 11 is 0. The zero-order valence-corrected chi connectivity index (χ0v) is 13.0. The first kappa shape index (κ1) is 15.7. The van der Waals surface area contributed by atoms with Crippen LogP contribution in [-0.4, -0.2) is 15.4 Å². The predicted molar refractivity (Wildman–Crippen MR) is 90.5 cm³/mol. The summed E-state index contributed by atoms with van der Waals surface area (Å²) < 4.78 is 2.00. The number of hydrogen-bond acceptors (Lipinski definition) is 4. The molecule has 0 saturated carbocycles. The average Bonchev–Trinajstić information content (AvgIpc) is 2.87. The van der Waals surface area contributed by atoms with Crippen molar-refractivity contribution in [3.63, 3.8) is 0 Å². The first-order chi connectivity index (χ1) is 11.5. The minimum absolute atomic E-state index is 0.0519. The molecule has 0 aliphatic heterocycles. The van der Waals surface area contributed by atoms with E-state index >= 15 is 0 Å². The molecule has 3 rings (SSSR count). The van der Waals surface area contributed by atoms with Crippen molar-refractivity contribution in [1.29, 1.82) is 0 Å². The van der Waals surface area contributed by atoms with E-state index < -0.39 is 4.92 Å². The van der Waals surface area contributed by atoms with Crippen LogP contribution in [0, 0.1) is 17.0 Å². The van der Waals surface area contributed by atoms with Gasteiger partial charge in [-0.3, -0.25) is 20.3 Å². The van der Waals surface area contributed by atoms with Crippen LogP contribution in [0.15, 0.2) is 48.5 Å². The molecule has 0 fully saturated rings. The number of non-ortho nitro benzene ring substituents is 1. The van der Waals surface area contributed by atoms with Crippen molar-refractivity contribution in [2.45, 2.75) is 13.5 Å². The predicted octanol–water partition coefficient (Wildman–Crippen LogP) is 2.51. The molecule has 7 heteroatoms. The van der Waals surface area contributed by atoms with Crippen LogP contribution < -0.4 is 11.3 Å². The summed E-state index contributed by atoms with van der Waals surface area (Å²) in [5.41, 5.74) is 5.38. The Labute approximate surface area is 137 Å². The number of para-hydroxylation sites is 1. The Bertz CT molecular complexity index is 929. The van der Waals surface area contributed by atoms with E-state index in [1.54, 1.807) is 12.1 Å². The van der Waals surface area contributed by atoms with Gasteiger partial charge < -0.3 is 4.57 Å². The minimum Gasteiger partial charge on any atom is -0.340 e. The van der Waals surface area contributed by atoms with Crippen LogP contribution >= 0.6 is 0 Å². The van der Waals surface area contributed by atoms with Crippen molar-refractivity contribution < 1.29 is 9.72 Å². The Balaban J connectivity index is 2.08. The highest BCUT2D eigenvalue weighted by Crippen LogP contribution is 2.27. The SMILES string of the molecule is Cc1c(C(=O)NN)c2ccccc2n1Cc1ccc([N+](=O)[O-])cc1. The lowest BCUT2D eigenvalue weighted by Gasteiger charge is -2.09. The van der Waals surface area contributed by atoms with Gasteiger partial charge in [0.15, 0.2) is 0 Å². The molecule has 3 N–H and O–H groups in total. The molecule has 0 aliphatic carbocycles. The number of carbonyl (C=O) groups excluding carboxylic acids is 1. The minimum atomic E-state index is -0.427. The number of nitrogens with one attached hydrogen (secondary N) is 1. The third-order valence-corrected chi connectivity index (χ3v) is 4.08. The van der Waals surface area contributed by atoms with Crippen LogP contribution in [-0.2, 0) is 6.54 Å². The smallest absolute Gasteiger partial charge is 0.269 e. The number of nitro benzene ring substituents is 1. The summed E-state index contributed by atoms with van der Waals surface area (Å²) in [4.78, 5) is 22.4. The number of rotatable bonds is 4. The molecule has 0 spiro atoms. The number of carbonyl (C=O) groups is 1. The third kappa shape index (κ3) is 2.61. The maximum atomic E-state index is 12.1. The molecule has 0 saturated heterocycles. The Kier molecular flexibility index (Phi) is 4.01. The normalized spacial score (nSPS) is 10.8. The molecule has 7 nitrogen and oxygen atoms in total. The third-order valence-electron chi connectivity index (χ3n) is 4.08. The summed E-state index contributed by atoms with van der Waals surface area (Å²) in [5, 5.41) is 11.6. The van der Waals surface area contributed by atoms with E-state index in [9.17, 15) is 14.9 Å². The second kappa shape index (κ2) is 6.13. The van der Waals surface area contributed by atoms with Gasteiger partial charge in [-0.1, -0.05) is 30.3 Å². The van der Waals surface area contributed by atoms with Gasteiger partial charge in [-0.05, 0) is 18.6 Å². The number of nitro groups is 1. The number of aromatic nitrogens is 1. The molecule has 1 aromatic heterocycles. The second-order valence-corrected chi connectivity index (χ2v) is 5.46. The lowest BCUT2D eigenvalue weighted by molar-refractivity contribution is -0.384. The number of fused-ring (bicyclic) bond motifs is 1. The summed E-state index contributed by atoms with van der Waals surface area (Å²) in [7, 11) is 0. The highest BCUT2D eigenvalue weighted by Gasteiger charge is 2.19. The van der Waals surface area contributed by atoms with Crippen molar-refractivity contribution in [2.75, 3.05) is 0 Å². The highest BCUT2D eigenvalue weighted by molar-refractivity contribution is 6.08. The Morgan fingerprint density at radius 3 is 2.50 bits per heavy atom. The van der Waals surface area contributed by atoms with E-state index in [4.69, 9.17) is 5.84 Å². The van der Waals surface area contributed by atoms with E-state index in [0.29, 0.717) is 12.1 Å². The standard InChI is InChI=1S/C17H16N4O3/c1-11-16(17(22)19-18)14-4-2-3-5-15(14)20(11)10-12-6-8-13(9-7-12)21(23)24/h2-9H,10,18H2,1H3,(H,19,22). The van der Waals surface area contributed by atoms with Gasteiger partial charge in [0, 0.05) is 35.3 Å². The summed E-state index contributed by atoms with van der Waals surface area (Å²) in [5.74, 6) is 4.96. The maximum absolute atomic E-state index is 12.1. The topological polar surface area (TPSA) is 103 Å². The molecule has 24 heavy (non-hydrogen) atoms. The van der Waals surface area contributed by atoms with E-state index in [0.717, 1.165) is 22.2 Å². The van der Waals surface area contributed by atoms with Crippen molar-refractivity contribution >= 4 is 22.5 Å². The summed E-state index contributed by atoms with van der Waals surface area (Å²) in [6.45, 7) is 2.36. The van der Waals surface area contributed by atoms with Crippen LogP contribution in [0.1, 0.15) is 21.6 Å². The van der Waals surface area contributed by atoms with Gasteiger partial charge in [0.2, 0.25) is 0 Å². The van der Waals surface area contributed by atoms with Crippen molar-refractivity contribution in [3.8, 4) is 0 Å². The fraction of sp³-hybridized carbons (Fsp3) is 0.118. The zero-order chi connectivity index (χ0) is 17.3. The van der Waals surface area contributed by atoms with Gasteiger partial charge in [0.05, 0.1) is 10.5 Å². The van der Waals surface area contributed by atoms with Gasteiger partial charge in [-0.15, -0.1) is 0 Å². The van der Waals surface area contributed by atoms with Gasteiger partial charge in [-0.25, -0.2) is 5.84 Å². The first-order valence-electron chi connectivity index (χ1n) is 7.35. The number of nitrogens with zero attached hydrogens (tertiary/aromatic N) is 2. The molecule has 0 radical (unpaired) electrons. The van der Waals surface area contributed by atoms with Gasteiger partial charge in [0.25, 0.3) is 11.6 Å². The molecule has 0 bridgehead atoms. The first-order valence-corrected chi connectivity index (χ1v) is 7.35. The molecule has 2 aromatic carbocycles. The van der Waals surface area contributed by atoms with Crippen molar-refractivity contribution in [1.82, 2.24) is 9.99 Å². The fourth-order valence-corrected chi connectivity index (χ4v) is 2.90. The zero-order valence-electron chi connectivity index (χ0n) is 13.0. The van der Waals surface area contributed by atoms with E-state index in [-0.39, 0.29) is 11.6 Å². The Morgan fingerprint density at radius 2 is 1.88 bits per heavy atom. The van der Waals surface area contributed by atoms with Crippen LogP contribution in [0.5, 0.6) is 0 Å². The molecular weight excluding hydrogens is 308 g/mol. The quantitative estimate of drug-likeness (QED) is 0.333. The molecule has 1 amide bonds. The number of amides is 1. The molecule has 3 aromatic rings. The number of hydrogen-bond donors (Lipinski definition) is 2. The van der Waals surface area contributed by atoms with E-state index in [2.05, 4.69) is 5.43 Å². The molecule has 0 atom stereocenters. The summed E-state index contributed by atoms with van der Waals surface area (Å²) in [6.07, 6.45) is 0. The van der Waals surface area contributed by atoms with Crippen molar-refractivity contribution in [2.24, 2.45) is 5.84 Å². The number of benzene rings is 2. The Hall–Kier alpha value is -3.19. The molecular formula is C17H16N4O3. The molecule has 122 valence electrons. The second-order valence-electron chi connectivity index (χ2n) is 5.46. The van der Waals surface area contributed by atoms with Gasteiger partial charge >= 0.3 is 0 Å². The van der Waals surface area contributed by atoms with Crippen molar-refractivity contribution in [3.05, 3.63) is 75.5 Å². The molecule has 0 unspecified atom stereocenters. The average molecular weight is 324 g/mol. The van der Waals surface area contributed by atoms with Crippen LogP contribution in [0.4, 0.5) is 5.69 Å². The largest absolute Gasteiger partial charge is 0.340 e. The monoisotopic (exact) mass is 324 g/mol. The van der Waals surface area contributed by atoms with Crippen LogP contribution in [0.25, 0.3) is 10.9 Å². The van der Waals surface area contributed by atoms with E-state index in [1.807, 2.05) is 35.8 Å². The molecule has 0 aliphatic rings.